The molecule has 4 rings (SSSR count). The maximum Gasteiger partial charge on any atom is 0.225 e. The number of rotatable bonds is 7. The normalized spacial score (nSPS) is 10.6. The fourth-order valence-corrected chi connectivity index (χ4v) is 3.06. The molecule has 1 aromatic heterocycles. The Bertz CT molecular complexity index is 1050. The van der Waals surface area contributed by atoms with Crippen molar-refractivity contribution < 1.29 is 4.74 Å². The van der Waals surface area contributed by atoms with Crippen molar-refractivity contribution in [3.63, 3.8) is 0 Å². The summed E-state index contributed by atoms with van der Waals surface area (Å²) in [7, 11) is 1.66. The number of nitrogens with one attached hydrogen (secondary N) is 2. The molecule has 0 saturated carbocycles. The fraction of sp³-hybridized carbons (Fsp3) is 0.130. The molecule has 140 valence electrons. The number of para-hydroxylation sites is 1. The van der Waals surface area contributed by atoms with Crippen molar-refractivity contribution in [2.75, 3.05) is 17.7 Å². The predicted molar refractivity (Wildman–Crippen MR) is 114 cm³/mol. The molecule has 0 aliphatic carbocycles. The van der Waals surface area contributed by atoms with Crippen LogP contribution >= 0.6 is 0 Å². The Morgan fingerprint density at radius 2 is 1.36 bits per heavy atom. The quantitative estimate of drug-likeness (QED) is 0.486. The van der Waals surface area contributed by atoms with Gasteiger partial charge in [-0.05, 0) is 23.3 Å². The molecule has 3 aromatic carbocycles. The first-order valence-electron chi connectivity index (χ1n) is 9.24. The van der Waals surface area contributed by atoms with E-state index in [4.69, 9.17) is 9.72 Å². The van der Waals surface area contributed by atoms with Crippen molar-refractivity contribution >= 4 is 22.7 Å². The van der Waals surface area contributed by atoms with E-state index >= 15 is 0 Å². The van der Waals surface area contributed by atoms with Crippen molar-refractivity contribution in [1.82, 2.24) is 9.97 Å². The first-order chi connectivity index (χ1) is 13.8. The number of hydrogen-bond acceptors (Lipinski definition) is 5. The van der Waals surface area contributed by atoms with E-state index in [0.29, 0.717) is 19.0 Å². The Labute approximate surface area is 164 Å². The monoisotopic (exact) mass is 370 g/mol. The molecule has 0 radical (unpaired) electrons. The molecule has 0 atom stereocenters. The number of methoxy groups -OCH3 is 1. The Kier molecular flexibility index (Phi) is 5.33. The summed E-state index contributed by atoms with van der Waals surface area (Å²) < 4.78 is 5.52. The molecule has 0 bridgehead atoms. The maximum atomic E-state index is 5.52. The topological polar surface area (TPSA) is 59.1 Å². The van der Waals surface area contributed by atoms with E-state index in [1.165, 1.54) is 11.1 Å². The highest BCUT2D eigenvalue weighted by molar-refractivity contribution is 5.94. The van der Waals surface area contributed by atoms with Crippen molar-refractivity contribution in [1.29, 1.82) is 0 Å². The summed E-state index contributed by atoms with van der Waals surface area (Å²) in [4.78, 5) is 9.41. The molecule has 4 aromatic rings. The summed E-state index contributed by atoms with van der Waals surface area (Å²) in [6.45, 7) is 1.34. The number of hydrogen-bond donors (Lipinski definition) is 2. The van der Waals surface area contributed by atoms with Crippen molar-refractivity contribution in [3.8, 4) is 5.75 Å². The molecule has 0 amide bonds. The van der Waals surface area contributed by atoms with Crippen LogP contribution in [0.5, 0.6) is 5.75 Å². The van der Waals surface area contributed by atoms with Crippen molar-refractivity contribution in [2.24, 2.45) is 0 Å². The SMILES string of the molecule is COc1cccc2c(NCc3ccccc3)nc(NCc3ccccc3)nc12. The molecule has 28 heavy (non-hydrogen) atoms. The fourth-order valence-electron chi connectivity index (χ4n) is 3.06. The molecule has 5 heteroatoms. The highest BCUT2D eigenvalue weighted by atomic mass is 16.5. The number of nitrogens with zero attached hydrogens (tertiary/aromatic N) is 2. The standard InChI is InChI=1S/C23H22N4O/c1-28-20-14-8-13-19-21(20)26-23(25-16-18-11-6-3-7-12-18)27-22(19)24-15-17-9-4-2-5-10-17/h2-14H,15-16H2,1H3,(H2,24,25,26,27). The molecule has 0 saturated heterocycles. The number of aromatic nitrogens is 2. The molecule has 1 heterocycles. The first kappa shape index (κ1) is 17.8. The van der Waals surface area contributed by atoms with E-state index in [9.17, 15) is 0 Å². The zero-order valence-electron chi connectivity index (χ0n) is 15.7. The highest BCUT2D eigenvalue weighted by Crippen LogP contribution is 2.29. The summed E-state index contributed by atoms with van der Waals surface area (Å²) in [6, 6.07) is 26.3. The average molecular weight is 370 g/mol. The minimum atomic E-state index is 0.566. The van der Waals surface area contributed by atoms with Gasteiger partial charge in [0.2, 0.25) is 5.95 Å². The van der Waals surface area contributed by atoms with Crippen LogP contribution in [0.25, 0.3) is 10.9 Å². The number of fused-ring (bicyclic) bond motifs is 1. The van der Waals surface area contributed by atoms with Gasteiger partial charge in [0.1, 0.15) is 17.1 Å². The Morgan fingerprint density at radius 1 is 0.714 bits per heavy atom. The molecule has 0 spiro atoms. The zero-order chi connectivity index (χ0) is 19.2. The number of anilines is 2. The Hall–Kier alpha value is -3.60. The summed E-state index contributed by atoms with van der Waals surface area (Å²) in [5, 5.41) is 7.70. The van der Waals surface area contributed by atoms with Crippen molar-refractivity contribution in [2.45, 2.75) is 13.1 Å². The Morgan fingerprint density at radius 3 is 2.00 bits per heavy atom. The maximum absolute atomic E-state index is 5.52. The lowest BCUT2D eigenvalue weighted by Crippen LogP contribution is -2.08. The van der Waals surface area contributed by atoms with Crippen molar-refractivity contribution in [3.05, 3.63) is 90.0 Å². The van der Waals surface area contributed by atoms with Gasteiger partial charge in [-0.1, -0.05) is 66.7 Å². The van der Waals surface area contributed by atoms with Gasteiger partial charge in [-0.3, -0.25) is 0 Å². The van der Waals surface area contributed by atoms with Gasteiger partial charge in [0, 0.05) is 18.5 Å². The van der Waals surface area contributed by atoms with Crippen LogP contribution in [-0.2, 0) is 13.1 Å². The minimum Gasteiger partial charge on any atom is -0.494 e. The number of benzene rings is 3. The van der Waals surface area contributed by atoms with E-state index in [2.05, 4.69) is 39.9 Å². The van der Waals surface area contributed by atoms with E-state index < -0.39 is 0 Å². The van der Waals surface area contributed by atoms with E-state index in [1.807, 2.05) is 54.6 Å². The molecule has 0 unspecified atom stereocenters. The summed E-state index contributed by atoms with van der Waals surface area (Å²) >= 11 is 0. The van der Waals surface area contributed by atoms with Crippen LogP contribution in [0.4, 0.5) is 11.8 Å². The molecule has 2 N–H and O–H groups in total. The largest absolute Gasteiger partial charge is 0.494 e. The van der Waals surface area contributed by atoms with Crippen LogP contribution in [0.1, 0.15) is 11.1 Å². The highest BCUT2D eigenvalue weighted by Gasteiger charge is 2.11. The van der Waals surface area contributed by atoms with Gasteiger partial charge in [-0.25, -0.2) is 4.98 Å². The second-order valence-corrected chi connectivity index (χ2v) is 6.43. The lowest BCUT2D eigenvalue weighted by atomic mass is 10.2. The molecule has 0 aliphatic rings. The Balaban J connectivity index is 1.65. The summed E-state index contributed by atoms with van der Waals surface area (Å²) in [5.41, 5.74) is 3.15. The smallest absolute Gasteiger partial charge is 0.225 e. The first-order valence-corrected chi connectivity index (χ1v) is 9.24. The third-order valence-corrected chi connectivity index (χ3v) is 4.51. The van der Waals surface area contributed by atoms with Crippen LogP contribution < -0.4 is 15.4 Å². The van der Waals surface area contributed by atoms with Gasteiger partial charge in [0.05, 0.1) is 7.11 Å². The van der Waals surface area contributed by atoms with Gasteiger partial charge in [-0.15, -0.1) is 0 Å². The molecular weight excluding hydrogens is 348 g/mol. The third-order valence-electron chi connectivity index (χ3n) is 4.51. The molecular formula is C23H22N4O. The van der Waals surface area contributed by atoms with Crippen LogP contribution in [0.2, 0.25) is 0 Å². The second kappa shape index (κ2) is 8.39. The van der Waals surface area contributed by atoms with Gasteiger partial charge < -0.3 is 15.4 Å². The van der Waals surface area contributed by atoms with Crippen LogP contribution in [-0.4, -0.2) is 17.1 Å². The summed E-state index contributed by atoms with van der Waals surface area (Å²) in [5.74, 6) is 2.07. The van der Waals surface area contributed by atoms with E-state index in [1.54, 1.807) is 7.11 Å². The van der Waals surface area contributed by atoms with E-state index in [0.717, 1.165) is 22.5 Å². The van der Waals surface area contributed by atoms with Gasteiger partial charge in [0.15, 0.2) is 0 Å². The van der Waals surface area contributed by atoms with Gasteiger partial charge in [0.25, 0.3) is 0 Å². The minimum absolute atomic E-state index is 0.566. The van der Waals surface area contributed by atoms with Crippen LogP contribution in [0.3, 0.4) is 0 Å². The molecule has 0 fully saturated rings. The second-order valence-electron chi connectivity index (χ2n) is 6.43. The zero-order valence-corrected chi connectivity index (χ0v) is 15.7. The average Bonchev–Trinajstić information content (AvgIpc) is 2.77. The third kappa shape index (κ3) is 4.04. The molecule has 0 aliphatic heterocycles. The lowest BCUT2D eigenvalue weighted by molar-refractivity contribution is 0.419. The number of ether oxygens (including phenoxy) is 1. The van der Waals surface area contributed by atoms with E-state index in [-0.39, 0.29) is 0 Å². The predicted octanol–water partition coefficient (Wildman–Crippen LogP) is 4.86. The van der Waals surface area contributed by atoms with Gasteiger partial charge >= 0.3 is 0 Å². The van der Waals surface area contributed by atoms with Crippen LogP contribution in [0.15, 0.2) is 78.9 Å². The van der Waals surface area contributed by atoms with Gasteiger partial charge in [-0.2, -0.15) is 4.98 Å². The molecule has 5 nitrogen and oxygen atoms in total. The summed E-state index contributed by atoms with van der Waals surface area (Å²) in [6.07, 6.45) is 0. The van der Waals surface area contributed by atoms with Crippen LogP contribution in [0, 0.1) is 0 Å². The lowest BCUT2D eigenvalue weighted by Gasteiger charge is -2.13.